The molecule has 3 atom stereocenters. The molecular formula is C34H39Cl2N3O4. The van der Waals surface area contributed by atoms with Crippen LogP contribution in [0.2, 0.25) is 10.0 Å². The van der Waals surface area contributed by atoms with Gasteiger partial charge < -0.3 is 24.2 Å². The number of hydrogen-bond donors (Lipinski definition) is 0. The number of carbonyl (C=O) groups is 2. The fourth-order valence-corrected chi connectivity index (χ4v) is 6.57. The average Bonchev–Trinajstić information content (AvgIpc) is 3.37. The van der Waals surface area contributed by atoms with Gasteiger partial charge in [-0.25, -0.2) is 4.79 Å². The lowest BCUT2D eigenvalue weighted by atomic mass is 9.86. The fourth-order valence-electron chi connectivity index (χ4n) is 6.31. The largest absolute Gasteiger partial charge is 0.497 e. The van der Waals surface area contributed by atoms with Crippen LogP contribution in [0.15, 0.2) is 66.7 Å². The fraction of sp³-hybridized carbons (Fsp3) is 0.412. The van der Waals surface area contributed by atoms with Crippen LogP contribution >= 0.6 is 23.2 Å². The third kappa shape index (κ3) is 6.58. The van der Waals surface area contributed by atoms with Gasteiger partial charge in [0, 0.05) is 46.7 Å². The predicted octanol–water partition coefficient (Wildman–Crippen LogP) is 7.73. The second-order valence-corrected chi connectivity index (χ2v) is 12.6. The third-order valence-corrected chi connectivity index (χ3v) is 8.82. The van der Waals surface area contributed by atoms with Gasteiger partial charge in [-0.2, -0.15) is 0 Å². The van der Waals surface area contributed by atoms with E-state index < -0.39 is 0 Å². The van der Waals surface area contributed by atoms with Gasteiger partial charge in [0.15, 0.2) is 0 Å². The van der Waals surface area contributed by atoms with E-state index in [2.05, 4.69) is 0 Å². The number of piperazine rings is 1. The van der Waals surface area contributed by atoms with Crippen LogP contribution in [0.5, 0.6) is 11.5 Å². The first kappa shape index (κ1) is 31.0. The Balaban J connectivity index is 1.65. The number of methoxy groups -OCH3 is 1. The van der Waals surface area contributed by atoms with Crippen molar-refractivity contribution in [2.75, 3.05) is 26.7 Å². The molecule has 3 amide bonds. The number of urea groups is 1. The van der Waals surface area contributed by atoms with E-state index in [1.807, 2.05) is 104 Å². The summed E-state index contributed by atoms with van der Waals surface area (Å²) in [6.45, 7) is 8.96. The van der Waals surface area contributed by atoms with Crippen molar-refractivity contribution >= 4 is 35.1 Å². The minimum absolute atomic E-state index is 0.0388. The van der Waals surface area contributed by atoms with Crippen LogP contribution < -0.4 is 9.47 Å². The maximum atomic E-state index is 14.7. The SMILES string of the molecule is COc1ccc(C2C[C@@H](c3ccc(Cl)cc3)[C@@H](c3ccc(Cl)cc3)N2C(=O)N2CCN(C(C)C)C(=O)C2)c(OC(C)C)c1. The normalized spacial score (nSPS) is 20.7. The maximum Gasteiger partial charge on any atom is 0.321 e. The summed E-state index contributed by atoms with van der Waals surface area (Å²) in [5.74, 6) is 1.24. The number of hydrogen-bond acceptors (Lipinski definition) is 4. The van der Waals surface area contributed by atoms with Gasteiger partial charge in [-0.1, -0.05) is 47.5 Å². The topological polar surface area (TPSA) is 62.3 Å². The number of likely N-dealkylation sites (tertiary alicyclic amines) is 1. The molecule has 0 spiro atoms. The molecule has 228 valence electrons. The highest BCUT2D eigenvalue weighted by Gasteiger charge is 2.48. The average molecular weight is 625 g/mol. The minimum atomic E-state index is -0.341. The molecule has 43 heavy (non-hydrogen) atoms. The van der Waals surface area contributed by atoms with Crippen molar-refractivity contribution in [1.29, 1.82) is 0 Å². The Morgan fingerprint density at radius 3 is 2.07 bits per heavy atom. The Morgan fingerprint density at radius 1 is 0.884 bits per heavy atom. The van der Waals surface area contributed by atoms with E-state index in [9.17, 15) is 9.59 Å². The Hall–Kier alpha value is -3.42. The van der Waals surface area contributed by atoms with Crippen LogP contribution in [0.4, 0.5) is 4.79 Å². The number of nitrogens with zero attached hydrogens (tertiary/aromatic N) is 3. The predicted molar refractivity (Wildman–Crippen MR) is 170 cm³/mol. The van der Waals surface area contributed by atoms with Gasteiger partial charge in [-0.3, -0.25) is 4.79 Å². The van der Waals surface area contributed by atoms with E-state index in [0.29, 0.717) is 41.1 Å². The second-order valence-electron chi connectivity index (χ2n) is 11.8. The Labute approximate surface area is 264 Å². The number of amides is 3. The smallest absolute Gasteiger partial charge is 0.321 e. The highest BCUT2D eigenvalue weighted by Crippen LogP contribution is 2.55. The zero-order chi connectivity index (χ0) is 30.8. The molecule has 2 aliphatic heterocycles. The molecule has 0 bridgehead atoms. The van der Waals surface area contributed by atoms with Gasteiger partial charge in [0.1, 0.15) is 18.0 Å². The van der Waals surface area contributed by atoms with Gasteiger partial charge in [0.25, 0.3) is 0 Å². The van der Waals surface area contributed by atoms with E-state index in [1.54, 1.807) is 12.0 Å². The molecule has 2 saturated heterocycles. The molecule has 0 N–H and O–H groups in total. The first-order chi connectivity index (χ1) is 20.6. The van der Waals surface area contributed by atoms with E-state index in [0.717, 1.165) is 16.7 Å². The monoisotopic (exact) mass is 623 g/mol. The molecule has 5 rings (SSSR count). The highest BCUT2D eigenvalue weighted by molar-refractivity contribution is 6.30. The van der Waals surface area contributed by atoms with Crippen molar-refractivity contribution in [2.24, 2.45) is 0 Å². The first-order valence-corrected chi connectivity index (χ1v) is 15.5. The number of ether oxygens (including phenoxy) is 2. The summed E-state index contributed by atoms with van der Waals surface area (Å²) in [5, 5.41) is 1.27. The second kappa shape index (κ2) is 13.1. The van der Waals surface area contributed by atoms with Crippen molar-refractivity contribution in [3.05, 3.63) is 93.5 Å². The van der Waals surface area contributed by atoms with E-state index in [4.69, 9.17) is 32.7 Å². The molecule has 2 aliphatic rings. The van der Waals surface area contributed by atoms with E-state index >= 15 is 0 Å². The van der Waals surface area contributed by atoms with Crippen LogP contribution in [0, 0.1) is 0 Å². The molecule has 1 unspecified atom stereocenters. The van der Waals surface area contributed by atoms with Crippen molar-refractivity contribution in [2.45, 2.75) is 64.3 Å². The molecule has 0 aliphatic carbocycles. The molecule has 3 aromatic rings. The van der Waals surface area contributed by atoms with Crippen molar-refractivity contribution in [3.63, 3.8) is 0 Å². The molecule has 0 saturated carbocycles. The standard InChI is InChI=1S/C34H39Cl2N3O4/c1-21(2)38-17-16-37(20-32(38)40)34(41)39-30(28-15-14-27(42-5)18-31(28)43-22(3)4)19-29(23-6-10-25(35)11-7-23)33(39)24-8-12-26(36)13-9-24/h6-15,18,21-22,29-30,33H,16-17,19-20H2,1-5H3/t29-,30?,33+/m0/s1. The van der Waals surface area contributed by atoms with E-state index in [1.165, 1.54) is 0 Å². The lowest BCUT2D eigenvalue weighted by Crippen LogP contribution is -2.57. The van der Waals surface area contributed by atoms with E-state index in [-0.39, 0.29) is 48.6 Å². The van der Waals surface area contributed by atoms with Crippen LogP contribution in [-0.4, -0.2) is 65.5 Å². The molecule has 9 heteroatoms. The Kier molecular flexibility index (Phi) is 9.42. The molecule has 3 aromatic carbocycles. The summed E-state index contributed by atoms with van der Waals surface area (Å²) >= 11 is 12.6. The van der Waals surface area contributed by atoms with Crippen molar-refractivity contribution in [1.82, 2.24) is 14.7 Å². The zero-order valence-corrected chi connectivity index (χ0v) is 26.8. The lowest BCUT2D eigenvalue weighted by Gasteiger charge is -2.41. The molecule has 0 aromatic heterocycles. The summed E-state index contributed by atoms with van der Waals surface area (Å²) < 4.78 is 11.8. The quantitative estimate of drug-likeness (QED) is 0.270. The molecular weight excluding hydrogens is 585 g/mol. The molecule has 7 nitrogen and oxygen atoms in total. The van der Waals surface area contributed by atoms with Gasteiger partial charge in [-0.15, -0.1) is 0 Å². The molecule has 2 fully saturated rings. The summed E-state index contributed by atoms with van der Waals surface area (Å²) in [4.78, 5) is 33.3. The molecule has 2 heterocycles. The lowest BCUT2D eigenvalue weighted by molar-refractivity contribution is -0.136. The van der Waals surface area contributed by atoms with Crippen LogP contribution in [0.1, 0.15) is 68.8 Å². The van der Waals surface area contributed by atoms with Crippen LogP contribution in [0.3, 0.4) is 0 Å². The van der Waals surface area contributed by atoms with Crippen LogP contribution in [-0.2, 0) is 4.79 Å². The van der Waals surface area contributed by atoms with Crippen LogP contribution in [0.25, 0.3) is 0 Å². The Morgan fingerprint density at radius 2 is 1.51 bits per heavy atom. The first-order valence-electron chi connectivity index (χ1n) is 14.8. The highest BCUT2D eigenvalue weighted by atomic mass is 35.5. The van der Waals surface area contributed by atoms with Gasteiger partial charge in [0.2, 0.25) is 5.91 Å². The maximum absolute atomic E-state index is 14.7. The summed E-state index contributed by atoms with van der Waals surface area (Å²) in [6, 6.07) is 20.5. The zero-order valence-electron chi connectivity index (χ0n) is 25.3. The third-order valence-electron chi connectivity index (χ3n) is 8.32. The number of halogens is 2. The minimum Gasteiger partial charge on any atom is -0.497 e. The van der Waals surface area contributed by atoms with Crippen molar-refractivity contribution in [3.8, 4) is 11.5 Å². The number of carbonyl (C=O) groups excluding carboxylic acids is 2. The number of benzene rings is 3. The summed E-state index contributed by atoms with van der Waals surface area (Å²) in [6.07, 6.45) is 0.554. The van der Waals surface area contributed by atoms with Crippen molar-refractivity contribution < 1.29 is 19.1 Å². The van der Waals surface area contributed by atoms with Gasteiger partial charge in [0.05, 0.1) is 25.3 Å². The summed E-state index contributed by atoms with van der Waals surface area (Å²) in [7, 11) is 1.63. The summed E-state index contributed by atoms with van der Waals surface area (Å²) in [5.41, 5.74) is 2.93. The Bertz CT molecular complexity index is 1440. The van der Waals surface area contributed by atoms with Gasteiger partial charge >= 0.3 is 6.03 Å². The molecule has 0 radical (unpaired) electrons. The number of rotatable bonds is 7. The van der Waals surface area contributed by atoms with Gasteiger partial charge in [-0.05, 0) is 81.6 Å².